The van der Waals surface area contributed by atoms with E-state index >= 15 is 0 Å². The molecule has 0 spiro atoms. The van der Waals surface area contributed by atoms with Crippen molar-refractivity contribution >= 4 is 5.91 Å². The van der Waals surface area contributed by atoms with Gasteiger partial charge in [-0.3, -0.25) is 4.79 Å². The van der Waals surface area contributed by atoms with Crippen LogP contribution in [0.15, 0.2) is 23.4 Å². The summed E-state index contributed by atoms with van der Waals surface area (Å²) in [5, 5.41) is 11.7. The van der Waals surface area contributed by atoms with E-state index in [0.29, 0.717) is 6.61 Å². The smallest absolute Gasteiger partial charge is 0.320 e. The molecule has 0 saturated heterocycles. The Morgan fingerprint density at radius 1 is 1.57 bits per heavy atom. The maximum absolute atomic E-state index is 10.9. The van der Waals surface area contributed by atoms with Crippen molar-refractivity contribution in [3.63, 3.8) is 0 Å². The number of carbonyl (C=O) groups is 1. The molecule has 5 nitrogen and oxygen atoms in total. The predicted octanol–water partition coefficient (Wildman–Crippen LogP) is 1.70. The van der Waals surface area contributed by atoms with Crippen LogP contribution in [0.1, 0.15) is 17.3 Å². The molecular weight excluding hydrogens is 186 g/mol. The second-order valence-electron chi connectivity index (χ2n) is 2.48. The molecule has 1 N–H and O–H groups in total. The van der Waals surface area contributed by atoms with Gasteiger partial charge in [0.1, 0.15) is 0 Å². The zero-order valence-corrected chi connectivity index (χ0v) is 7.56. The monoisotopic (exact) mass is 195 g/mol. The highest BCUT2D eigenvalue weighted by atomic mass is 16.5. The van der Waals surface area contributed by atoms with Gasteiger partial charge in [-0.25, -0.2) is 0 Å². The summed E-state index contributed by atoms with van der Waals surface area (Å²) in [6.07, 6.45) is 0. The number of amides is 1. The highest BCUT2D eigenvalue weighted by Crippen LogP contribution is 2.29. The molecular formula is C9H9NO4. The summed E-state index contributed by atoms with van der Waals surface area (Å²) in [6.45, 7) is 2.10. The van der Waals surface area contributed by atoms with Crippen LogP contribution in [-0.2, 0) is 0 Å². The number of ether oxygens (including phenoxy) is 1. The Hall–Kier alpha value is -1.91. The number of phenols is 1. The zero-order valence-electron chi connectivity index (χ0n) is 7.56. The number of hydrogen-bond donors (Lipinski definition) is 1. The lowest BCUT2D eigenvalue weighted by Gasteiger charge is -2.06. The number of para-hydroxylation sites is 1. The number of phenolic OH excluding ortho intramolecular Hbond substituents is 1. The Morgan fingerprint density at radius 2 is 2.29 bits per heavy atom. The lowest BCUT2D eigenvalue weighted by molar-refractivity contribution is 0.0997. The first kappa shape index (κ1) is 10.2. The Labute approximate surface area is 80.3 Å². The van der Waals surface area contributed by atoms with E-state index in [1.54, 1.807) is 6.92 Å². The third-order valence-corrected chi connectivity index (χ3v) is 1.61. The number of carbonyl (C=O) groups excluding carboxylic acids is 1. The van der Waals surface area contributed by atoms with Gasteiger partial charge in [-0.2, -0.15) is 0 Å². The number of hydrogen-bond acceptors (Lipinski definition) is 4. The van der Waals surface area contributed by atoms with Crippen molar-refractivity contribution in [1.82, 2.24) is 0 Å². The molecule has 0 atom stereocenters. The second kappa shape index (κ2) is 4.36. The maximum atomic E-state index is 10.9. The van der Waals surface area contributed by atoms with Crippen LogP contribution >= 0.6 is 0 Å². The van der Waals surface area contributed by atoms with E-state index in [1.807, 2.05) is 0 Å². The van der Waals surface area contributed by atoms with Crippen LogP contribution in [-0.4, -0.2) is 17.6 Å². The zero-order chi connectivity index (χ0) is 10.6. The van der Waals surface area contributed by atoms with E-state index in [9.17, 15) is 14.8 Å². The largest absolute Gasteiger partial charge is 0.504 e. The van der Waals surface area contributed by atoms with E-state index in [0.717, 1.165) is 0 Å². The molecule has 0 fully saturated rings. The molecule has 0 aliphatic rings. The van der Waals surface area contributed by atoms with Gasteiger partial charge < -0.3 is 9.84 Å². The van der Waals surface area contributed by atoms with Crippen LogP contribution < -0.4 is 4.74 Å². The lowest BCUT2D eigenvalue weighted by atomic mass is 10.2. The van der Waals surface area contributed by atoms with E-state index in [2.05, 4.69) is 5.18 Å². The minimum absolute atomic E-state index is 0.147. The number of nitrogens with zero attached hydrogens (tertiary/aromatic N) is 1. The van der Waals surface area contributed by atoms with Gasteiger partial charge >= 0.3 is 5.91 Å². The molecule has 1 rings (SSSR count). The molecule has 0 aliphatic heterocycles. The number of nitroso groups, excluding NO2 is 1. The topological polar surface area (TPSA) is 76.0 Å². The summed E-state index contributed by atoms with van der Waals surface area (Å²) in [5.74, 6) is -1.19. The average Bonchev–Trinajstić information content (AvgIpc) is 2.20. The van der Waals surface area contributed by atoms with Crippen molar-refractivity contribution < 1.29 is 14.6 Å². The van der Waals surface area contributed by atoms with Crippen LogP contribution in [0.2, 0.25) is 0 Å². The fourth-order valence-corrected chi connectivity index (χ4v) is 1.02. The Kier molecular flexibility index (Phi) is 3.17. The molecule has 0 bridgehead atoms. The molecule has 1 amide bonds. The van der Waals surface area contributed by atoms with E-state index in [1.165, 1.54) is 18.2 Å². The first-order valence-electron chi connectivity index (χ1n) is 4.03. The third-order valence-electron chi connectivity index (χ3n) is 1.61. The molecule has 14 heavy (non-hydrogen) atoms. The number of rotatable bonds is 3. The second-order valence-corrected chi connectivity index (χ2v) is 2.48. The average molecular weight is 195 g/mol. The molecule has 1 aromatic rings. The van der Waals surface area contributed by atoms with Gasteiger partial charge in [0, 0.05) is 5.18 Å². The van der Waals surface area contributed by atoms with E-state index in [4.69, 9.17) is 4.74 Å². The molecule has 0 radical (unpaired) electrons. The highest BCUT2D eigenvalue weighted by molar-refractivity contribution is 5.98. The van der Waals surface area contributed by atoms with Crippen molar-refractivity contribution in [3.8, 4) is 11.5 Å². The summed E-state index contributed by atoms with van der Waals surface area (Å²) in [5.41, 5.74) is -0.147. The summed E-state index contributed by atoms with van der Waals surface area (Å²) < 4.78 is 5.03. The molecule has 0 saturated carbocycles. The molecule has 74 valence electrons. The minimum Gasteiger partial charge on any atom is -0.504 e. The molecule has 1 aromatic carbocycles. The predicted molar refractivity (Wildman–Crippen MR) is 49.4 cm³/mol. The normalized spacial score (nSPS) is 9.50. The fraction of sp³-hybridized carbons (Fsp3) is 0.222. The lowest BCUT2D eigenvalue weighted by Crippen LogP contribution is -1.97. The molecule has 5 heteroatoms. The van der Waals surface area contributed by atoms with Gasteiger partial charge in [0.25, 0.3) is 0 Å². The molecule has 0 unspecified atom stereocenters. The van der Waals surface area contributed by atoms with Crippen molar-refractivity contribution in [2.24, 2.45) is 5.18 Å². The number of benzene rings is 1. The van der Waals surface area contributed by atoms with Gasteiger partial charge in [-0.15, -0.1) is 4.91 Å². The minimum atomic E-state index is -1.01. The molecule has 0 aliphatic carbocycles. The van der Waals surface area contributed by atoms with Crippen LogP contribution in [0.5, 0.6) is 11.5 Å². The first-order chi connectivity index (χ1) is 6.70. The molecule has 0 aromatic heterocycles. The standard InChI is InChI=1S/C9H9NO4/c1-2-14-7-5-3-4-6(8(7)11)9(12)10-13/h3-5,11H,2H2,1H3. The summed E-state index contributed by atoms with van der Waals surface area (Å²) in [7, 11) is 0. The van der Waals surface area contributed by atoms with Crippen molar-refractivity contribution in [2.75, 3.05) is 6.61 Å². The van der Waals surface area contributed by atoms with Crippen LogP contribution in [0.25, 0.3) is 0 Å². The SMILES string of the molecule is CCOc1cccc(C(=O)N=O)c1O. The Bertz CT molecular complexity index is 362. The number of aromatic hydroxyl groups is 1. The van der Waals surface area contributed by atoms with E-state index in [-0.39, 0.29) is 17.1 Å². The van der Waals surface area contributed by atoms with Gasteiger partial charge in [0.05, 0.1) is 12.2 Å². The fourth-order valence-electron chi connectivity index (χ4n) is 1.02. The first-order valence-corrected chi connectivity index (χ1v) is 4.03. The Balaban J connectivity index is 3.13. The van der Waals surface area contributed by atoms with Crippen LogP contribution in [0, 0.1) is 4.91 Å². The summed E-state index contributed by atoms with van der Waals surface area (Å²) in [4.78, 5) is 20.9. The van der Waals surface area contributed by atoms with E-state index < -0.39 is 5.91 Å². The van der Waals surface area contributed by atoms with Crippen molar-refractivity contribution in [1.29, 1.82) is 0 Å². The third kappa shape index (κ3) is 1.87. The van der Waals surface area contributed by atoms with Crippen molar-refractivity contribution in [3.05, 3.63) is 28.7 Å². The molecule has 0 heterocycles. The van der Waals surface area contributed by atoms with Gasteiger partial charge in [0.2, 0.25) is 0 Å². The van der Waals surface area contributed by atoms with Gasteiger partial charge in [0.15, 0.2) is 11.5 Å². The summed E-state index contributed by atoms with van der Waals surface area (Å²) >= 11 is 0. The Morgan fingerprint density at radius 3 is 2.86 bits per heavy atom. The highest BCUT2D eigenvalue weighted by Gasteiger charge is 2.14. The quantitative estimate of drug-likeness (QED) is 0.744. The van der Waals surface area contributed by atoms with Crippen LogP contribution in [0.3, 0.4) is 0 Å². The van der Waals surface area contributed by atoms with Gasteiger partial charge in [-0.1, -0.05) is 6.07 Å². The van der Waals surface area contributed by atoms with Gasteiger partial charge in [-0.05, 0) is 19.1 Å². The van der Waals surface area contributed by atoms with Crippen LogP contribution in [0.4, 0.5) is 0 Å². The summed E-state index contributed by atoms with van der Waals surface area (Å²) in [6, 6.07) is 4.31. The maximum Gasteiger partial charge on any atom is 0.320 e. The van der Waals surface area contributed by atoms with Crippen molar-refractivity contribution in [2.45, 2.75) is 6.92 Å².